The fraction of sp³-hybridized carbons (Fsp3) is 0.600. The van der Waals surface area contributed by atoms with E-state index >= 15 is 0 Å². The smallest absolute Gasteiger partial charge is 0.125 e. The average Bonchev–Trinajstić information content (AvgIpc) is 2.11. The molecule has 0 fully saturated rings. The van der Waals surface area contributed by atoms with Gasteiger partial charge in [-0.15, -0.1) is 0 Å². The molecule has 2 heteroatoms. The van der Waals surface area contributed by atoms with Crippen molar-refractivity contribution in [1.82, 2.24) is 0 Å². The number of nitrogens with zero attached hydrogens (tertiary/aromatic N) is 2. The Balaban J connectivity index is 2.86. The fourth-order valence-electron chi connectivity index (χ4n) is 1.20. The van der Waals surface area contributed by atoms with Crippen LogP contribution in [0.3, 0.4) is 0 Å². The van der Waals surface area contributed by atoms with Gasteiger partial charge in [-0.05, 0) is 19.8 Å². The summed E-state index contributed by atoms with van der Waals surface area (Å²) in [6.45, 7) is 8.34. The number of aliphatic imine (C=N–C) groups is 2. The van der Waals surface area contributed by atoms with Gasteiger partial charge in [0.2, 0.25) is 0 Å². The predicted octanol–water partition coefficient (Wildman–Crippen LogP) is 2.67. The van der Waals surface area contributed by atoms with Gasteiger partial charge in [0.15, 0.2) is 0 Å². The van der Waals surface area contributed by atoms with Gasteiger partial charge in [-0.1, -0.05) is 19.9 Å². The Morgan fingerprint density at radius 1 is 1.33 bits per heavy atom. The summed E-state index contributed by atoms with van der Waals surface area (Å²) in [5.74, 6) is 1.89. The van der Waals surface area contributed by atoms with Crippen molar-refractivity contribution in [3.8, 4) is 0 Å². The van der Waals surface area contributed by atoms with Gasteiger partial charge in [0.05, 0.1) is 0 Å². The Labute approximate surface area is 74.1 Å². The molecular formula is C10H16N2. The van der Waals surface area contributed by atoms with Crippen LogP contribution in [0.4, 0.5) is 0 Å². The number of hydrogen-bond acceptors (Lipinski definition) is 2. The third kappa shape index (κ3) is 2.29. The van der Waals surface area contributed by atoms with Crippen molar-refractivity contribution < 1.29 is 0 Å². The summed E-state index contributed by atoms with van der Waals surface area (Å²) in [7, 11) is 0. The molecule has 0 unspecified atom stereocenters. The highest BCUT2D eigenvalue weighted by Crippen LogP contribution is 2.15. The van der Waals surface area contributed by atoms with Crippen LogP contribution in [0.1, 0.15) is 27.7 Å². The summed E-state index contributed by atoms with van der Waals surface area (Å²) in [5.41, 5.74) is 1.07. The van der Waals surface area contributed by atoms with Crippen LogP contribution in [0.25, 0.3) is 0 Å². The van der Waals surface area contributed by atoms with Crippen LogP contribution >= 0.6 is 0 Å². The second kappa shape index (κ2) is 3.65. The van der Waals surface area contributed by atoms with Crippen molar-refractivity contribution in [3.63, 3.8) is 0 Å². The minimum Gasteiger partial charge on any atom is -0.245 e. The lowest BCUT2D eigenvalue weighted by Crippen LogP contribution is -2.06. The highest BCUT2D eigenvalue weighted by atomic mass is 14.9. The molecule has 0 aromatic heterocycles. The lowest BCUT2D eigenvalue weighted by atomic mass is 9.96. The van der Waals surface area contributed by atoms with Crippen LogP contribution in [-0.4, -0.2) is 12.1 Å². The van der Waals surface area contributed by atoms with Crippen LogP contribution in [0, 0.1) is 11.8 Å². The van der Waals surface area contributed by atoms with E-state index in [9.17, 15) is 0 Å². The Bertz CT molecular complexity index is 247. The molecule has 12 heavy (non-hydrogen) atoms. The molecule has 1 atom stereocenters. The highest BCUT2D eigenvalue weighted by molar-refractivity contribution is 5.90. The van der Waals surface area contributed by atoms with E-state index in [0.717, 1.165) is 11.5 Å². The first-order chi connectivity index (χ1) is 5.59. The van der Waals surface area contributed by atoms with E-state index in [0.29, 0.717) is 11.8 Å². The summed E-state index contributed by atoms with van der Waals surface area (Å²) in [5, 5.41) is 0. The minimum atomic E-state index is 0.436. The zero-order valence-corrected chi connectivity index (χ0v) is 8.20. The first kappa shape index (κ1) is 9.17. The Hall–Kier alpha value is -0.920. The summed E-state index contributed by atoms with van der Waals surface area (Å²) in [6, 6.07) is 0. The van der Waals surface area contributed by atoms with Gasteiger partial charge < -0.3 is 0 Å². The quantitative estimate of drug-likeness (QED) is 0.569. The summed E-state index contributed by atoms with van der Waals surface area (Å²) in [6.07, 6.45) is 4.16. The molecule has 1 aliphatic heterocycles. The monoisotopic (exact) mass is 164 g/mol. The van der Waals surface area contributed by atoms with Crippen molar-refractivity contribution in [3.05, 3.63) is 11.8 Å². The van der Waals surface area contributed by atoms with Crippen LogP contribution in [0.2, 0.25) is 0 Å². The van der Waals surface area contributed by atoms with Crippen molar-refractivity contribution in [1.29, 1.82) is 0 Å². The molecule has 0 aliphatic carbocycles. The van der Waals surface area contributed by atoms with Crippen molar-refractivity contribution >= 4 is 12.1 Å². The van der Waals surface area contributed by atoms with E-state index < -0.39 is 0 Å². The topological polar surface area (TPSA) is 24.7 Å². The van der Waals surface area contributed by atoms with Gasteiger partial charge in [0, 0.05) is 17.8 Å². The summed E-state index contributed by atoms with van der Waals surface area (Å²) >= 11 is 0. The van der Waals surface area contributed by atoms with Crippen molar-refractivity contribution in [2.45, 2.75) is 27.7 Å². The summed E-state index contributed by atoms with van der Waals surface area (Å²) in [4.78, 5) is 8.54. The van der Waals surface area contributed by atoms with E-state index in [4.69, 9.17) is 0 Å². The molecule has 1 heterocycles. The van der Waals surface area contributed by atoms with Crippen LogP contribution in [0.5, 0.6) is 0 Å². The molecule has 0 amide bonds. The summed E-state index contributed by atoms with van der Waals surface area (Å²) < 4.78 is 0. The van der Waals surface area contributed by atoms with Gasteiger partial charge in [-0.3, -0.25) is 0 Å². The molecule has 0 spiro atoms. The zero-order valence-electron chi connectivity index (χ0n) is 8.20. The second-order valence-electron chi connectivity index (χ2n) is 3.57. The lowest BCUT2D eigenvalue weighted by Gasteiger charge is -2.09. The number of allylic oxidation sites excluding steroid dienone is 2. The molecule has 1 aliphatic rings. The van der Waals surface area contributed by atoms with Crippen molar-refractivity contribution in [2.24, 2.45) is 21.8 Å². The van der Waals surface area contributed by atoms with Gasteiger partial charge in [-0.25, -0.2) is 9.98 Å². The third-order valence-electron chi connectivity index (χ3n) is 1.98. The Morgan fingerprint density at radius 2 is 2.00 bits per heavy atom. The molecule has 0 aromatic carbocycles. The molecule has 0 radical (unpaired) electrons. The molecule has 1 rings (SSSR count). The Morgan fingerprint density at radius 3 is 2.58 bits per heavy atom. The Kier molecular flexibility index (Phi) is 2.79. The predicted molar refractivity (Wildman–Crippen MR) is 53.7 cm³/mol. The molecule has 0 aromatic rings. The number of rotatable bonds is 1. The molecule has 2 nitrogen and oxygen atoms in total. The molecular weight excluding hydrogens is 148 g/mol. The van der Waals surface area contributed by atoms with Gasteiger partial charge in [-0.2, -0.15) is 0 Å². The van der Waals surface area contributed by atoms with E-state index in [2.05, 4.69) is 29.9 Å². The van der Waals surface area contributed by atoms with E-state index in [-0.39, 0.29) is 0 Å². The molecule has 0 saturated carbocycles. The highest BCUT2D eigenvalue weighted by Gasteiger charge is 2.09. The van der Waals surface area contributed by atoms with Crippen LogP contribution in [0.15, 0.2) is 21.8 Å². The van der Waals surface area contributed by atoms with E-state index in [1.165, 1.54) is 0 Å². The lowest BCUT2D eigenvalue weighted by molar-refractivity contribution is 0.583. The van der Waals surface area contributed by atoms with Crippen molar-refractivity contribution in [2.75, 3.05) is 0 Å². The second-order valence-corrected chi connectivity index (χ2v) is 3.57. The molecule has 0 N–H and O–H groups in total. The van der Waals surface area contributed by atoms with Crippen LogP contribution in [-0.2, 0) is 0 Å². The largest absolute Gasteiger partial charge is 0.245 e. The molecule has 66 valence electrons. The van der Waals surface area contributed by atoms with Crippen LogP contribution < -0.4 is 0 Å². The van der Waals surface area contributed by atoms with E-state index in [1.54, 1.807) is 0 Å². The minimum absolute atomic E-state index is 0.436. The maximum atomic E-state index is 4.29. The standard InChI is InChI=1S/C10H16N2/c1-7(2)10-5-8(3)12-9(4)11-6-10/h5-7,10H,1-4H3/t10-/m0/s1. The normalized spacial score (nSPS) is 23.6. The van der Waals surface area contributed by atoms with Gasteiger partial charge in [0.25, 0.3) is 0 Å². The first-order valence-corrected chi connectivity index (χ1v) is 4.37. The molecule has 0 bridgehead atoms. The zero-order chi connectivity index (χ0) is 9.14. The molecule has 0 saturated heterocycles. The maximum Gasteiger partial charge on any atom is 0.125 e. The van der Waals surface area contributed by atoms with E-state index in [1.807, 2.05) is 20.1 Å². The number of amidine groups is 1. The van der Waals surface area contributed by atoms with Gasteiger partial charge >= 0.3 is 0 Å². The maximum absolute atomic E-state index is 4.29. The fourth-order valence-corrected chi connectivity index (χ4v) is 1.20. The third-order valence-corrected chi connectivity index (χ3v) is 1.98. The SMILES string of the molecule is CC1=C[C@H](C(C)C)C=NC(C)=N1. The average molecular weight is 164 g/mol. The van der Waals surface area contributed by atoms with Gasteiger partial charge in [0.1, 0.15) is 5.84 Å². The number of hydrogen-bond donors (Lipinski definition) is 0. The first-order valence-electron chi connectivity index (χ1n) is 4.37.